The van der Waals surface area contributed by atoms with Crippen LogP contribution in [0.1, 0.15) is 23.9 Å². The van der Waals surface area contributed by atoms with Gasteiger partial charge in [-0.3, -0.25) is 0 Å². The second kappa shape index (κ2) is 5.72. The van der Waals surface area contributed by atoms with Crippen LogP contribution in [0.25, 0.3) is 0 Å². The van der Waals surface area contributed by atoms with Gasteiger partial charge >= 0.3 is 0 Å². The van der Waals surface area contributed by atoms with Crippen LogP contribution >= 0.6 is 0 Å². The Kier molecular flexibility index (Phi) is 4.20. The molecule has 2 rings (SSSR count). The van der Waals surface area contributed by atoms with Crippen LogP contribution in [0.5, 0.6) is 0 Å². The summed E-state index contributed by atoms with van der Waals surface area (Å²) in [6, 6.07) is 5.36. The Labute approximate surface area is 118 Å². The minimum absolute atomic E-state index is 0.129. The molecule has 1 heterocycles. The number of aromatic nitrogens is 3. The highest BCUT2D eigenvalue weighted by Crippen LogP contribution is 2.16. The van der Waals surface area contributed by atoms with Crippen molar-refractivity contribution in [3.63, 3.8) is 0 Å². The molecule has 0 fully saturated rings. The fourth-order valence-electron chi connectivity index (χ4n) is 1.91. The van der Waals surface area contributed by atoms with Gasteiger partial charge in [0.25, 0.3) is 0 Å². The lowest BCUT2D eigenvalue weighted by Crippen LogP contribution is -2.25. The van der Waals surface area contributed by atoms with Crippen LogP contribution in [0.2, 0.25) is 0 Å². The first-order valence-electron chi connectivity index (χ1n) is 6.37. The standard InChI is InChI=1S/C13H18N4O2S/c1-4-17-9-14-16-13(17)8-15-20(18,19)12-7-10(2)5-6-11(12)3/h5-7,9,15H,4,8H2,1-3H3. The zero-order chi connectivity index (χ0) is 14.8. The fourth-order valence-corrected chi connectivity index (χ4v) is 3.22. The summed E-state index contributed by atoms with van der Waals surface area (Å²) >= 11 is 0. The van der Waals surface area contributed by atoms with Gasteiger partial charge in [0, 0.05) is 6.54 Å². The van der Waals surface area contributed by atoms with Crippen LogP contribution < -0.4 is 4.72 Å². The maximum absolute atomic E-state index is 12.3. The predicted octanol–water partition coefficient (Wildman–Crippen LogP) is 1.39. The third-order valence-electron chi connectivity index (χ3n) is 3.09. The number of aryl methyl sites for hydroxylation is 3. The summed E-state index contributed by atoms with van der Waals surface area (Å²) in [6.07, 6.45) is 1.58. The number of hydrogen-bond acceptors (Lipinski definition) is 4. The molecule has 1 aromatic heterocycles. The van der Waals surface area contributed by atoms with Crippen molar-refractivity contribution in [2.75, 3.05) is 0 Å². The van der Waals surface area contributed by atoms with Gasteiger partial charge in [-0.15, -0.1) is 10.2 Å². The second-order valence-corrected chi connectivity index (χ2v) is 6.36. The van der Waals surface area contributed by atoms with Crippen molar-refractivity contribution in [3.05, 3.63) is 41.5 Å². The summed E-state index contributed by atoms with van der Waals surface area (Å²) in [6.45, 7) is 6.43. The van der Waals surface area contributed by atoms with E-state index in [0.29, 0.717) is 17.3 Å². The number of hydrogen-bond donors (Lipinski definition) is 1. The van der Waals surface area contributed by atoms with Gasteiger partial charge in [-0.05, 0) is 38.0 Å². The number of benzene rings is 1. The van der Waals surface area contributed by atoms with Crippen LogP contribution in [0, 0.1) is 13.8 Å². The van der Waals surface area contributed by atoms with Crippen LogP contribution in [0.15, 0.2) is 29.4 Å². The Hall–Kier alpha value is -1.73. The molecule has 1 aromatic carbocycles. The van der Waals surface area contributed by atoms with Gasteiger partial charge in [-0.1, -0.05) is 12.1 Å². The third-order valence-corrected chi connectivity index (χ3v) is 4.63. The quantitative estimate of drug-likeness (QED) is 0.904. The van der Waals surface area contributed by atoms with E-state index in [1.54, 1.807) is 30.0 Å². The van der Waals surface area contributed by atoms with E-state index in [9.17, 15) is 8.42 Å². The molecule has 0 atom stereocenters. The first kappa shape index (κ1) is 14.7. The molecular formula is C13H18N4O2S. The van der Waals surface area contributed by atoms with Crippen molar-refractivity contribution in [1.29, 1.82) is 0 Å². The van der Waals surface area contributed by atoms with Gasteiger partial charge in [0.2, 0.25) is 10.0 Å². The van der Waals surface area contributed by atoms with Crippen molar-refractivity contribution in [2.45, 2.75) is 38.8 Å². The lowest BCUT2D eigenvalue weighted by atomic mass is 10.2. The third kappa shape index (κ3) is 3.05. The molecule has 0 aliphatic carbocycles. The number of nitrogens with one attached hydrogen (secondary N) is 1. The highest BCUT2D eigenvalue weighted by molar-refractivity contribution is 7.89. The summed E-state index contributed by atoms with van der Waals surface area (Å²) < 4.78 is 29.0. The smallest absolute Gasteiger partial charge is 0.241 e. The van der Waals surface area contributed by atoms with Crippen LogP contribution in [0.3, 0.4) is 0 Å². The molecule has 0 bridgehead atoms. The van der Waals surface area contributed by atoms with Gasteiger partial charge in [0.1, 0.15) is 12.2 Å². The number of nitrogens with zero attached hydrogens (tertiary/aromatic N) is 3. The Morgan fingerprint density at radius 1 is 1.30 bits per heavy atom. The molecular weight excluding hydrogens is 276 g/mol. The highest BCUT2D eigenvalue weighted by Gasteiger charge is 2.17. The Morgan fingerprint density at radius 2 is 2.05 bits per heavy atom. The topological polar surface area (TPSA) is 76.9 Å². The van der Waals surface area contributed by atoms with E-state index >= 15 is 0 Å². The van der Waals surface area contributed by atoms with E-state index in [1.807, 2.05) is 19.9 Å². The van der Waals surface area contributed by atoms with E-state index in [1.165, 1.54) is 0 Å². The van der Waals surface area contributed by atoms with Crippen molar-refractivity contribution in [2.24, 2.45) is 0 Å². The molecule has 0 spiro atoms. The summed E-state index contributed by atoms with van der Waals surface area (Å²) in [4.78, 5) is 0.306. The van der Waals surface area contributed by atoms with Gasteiger partial charge in [0.15, 0.2) is 0 Å². The van der Waals surface area contributed by atoms with Crippen LogP contribution in [-0.4, -0.2) is 23.2 Å². The molecule has 2 aromatic rings. The molecule has 0 saturated heterocycles. The van der Waals surface area contributed by atoms with E-state index in [2.05, 4.69) is 14.9 Å². The number of sulfonamides is 1. The van der Waals surface area contributed by atoms with Crippen molar-refractivity contribution < 1.29 is 8.42 Å². The van der Waals surface area contributed by atoms with Gasteiger partial charge in [-0.25, -0.2) is 13.1 Å². The maximum Gasteiger partial charge on any atom is 0.241 e. The monoisotopic (exact) mass is 294 g/mol. The molecule has 7 heteroatoms. The van der Waals surface area contributed by atoms with Gasteiger partial charge in [0.05, 0.1) is 11.4 Å². The van der Waals surface area contributed by atoms with Gasteiger partial charge < -0.3 is 4.57 Å². The molecule has 0 radical (unpaired) electrons. The van der Waals surface area contributed by atoms with Gasteiger partial charge in [-0.2, -0.15) is 0 Å². The molecule has 0 aliphatic rings. The number of rotatable bonds is 5. The maximum atomic E-state index is 12.3. The van der Waals surface area contributed by atoms with Crippen molar-refractivity contribution >= 4 is 10.0 Å². The first-order valence-corrected chi connectivity index (χ1v) is 7.86. The zero-order valence-corrected chi connectivity index (χ0v) is 12.6. The fraction of sp³-hybridized carbons (Fsp3) is 0.385. The highest BCUT2D eigenvalue weighted by atomic mass is 32.2. The average Bonchev–Trinajstić information content (AvgIpc) is 2.86. The lowest BCUT2D eigenvalue weighted by molar-refractivity contribution is 0.574. The summed E-state index contributed by atoms with van der Waals surface area (Å²) in [7, 11) is -3.55. The summed E-state index contributed by atoms with van der Waals surface area (Å²) in [5, 5.41) is 7.69. The van der Waals surface area contributed by atoms with Crippen molar-refractivity contribution in [1.82, 2.24) is 19.5 Å². The Morgan fingerprint density at radius 3 is 2.75 bits per heavy atom. The molecule has 20 heavy (non-hydrogen) atoms. The molecule has 0 unspecified atom stereocenters. The molecule has 108 valence electrons. The minimum atomic E-state index is -3.55. The molecule has 0 saturated carbocycles. The zero-order valence-electron chi connectivity index (χ0n) is 11.8. The molecule has 0 aliphatic heterocycles. The second-order valence-electron chi connectivity index (χ2n) is 4.63. The Bertz CT molecular complexity index is 707. The van der Waals surface area contributed by atoms with E-state index in [0.717, 1.165) is 11.1 Å². The normalized spacial score (nSPS) is 11.8. The largest absolute Gasteiger partial charge is 0.317 e. The lowest BCUT2D eigenvalue weighted by Gasteiger charge is -2.10. The van der Waals surface area contributed by atoms with E-state index < -0.39 is 10.0 Å². The van der Waals surface area contributed by atoms with E-state index in [-0.39, 0.29) is 6.54 Å². The molecule has 1 N–H and O–H groups in total. The van der Waals surface area contributed by atoms with E-state index in [4.69, 9.17) is 0 Å². The average molecular weight is 294 g/mol. The van der Waals surface area contributed by atoms with Crippen molar-refractivity contribution in [3.8, 4) is 0 Å². The first-order chi connectivity index (χ1) is 9.44. The Balaban J connectivity index is 2.21. The van der Waals surface area contributed by atoms with Crippen LogP contribution in [0.4, 0.5) is 0 Å². The van der Waals surface area contributed by atoms with Crippen LogP contribution in [-0.2, 0) is 23.1 Å². The summed E-state index contributed by atoms with van der Waals surface area (Å²) in [5.74, 6) is 0.599. The molecule has 6 nitrogen and oxygen atoms in total. The minimum Gasteiger partial charge on any atom is -0.317 e. The SMILES string of the molecule is CCn1cnnc1CNS(=O)(=O)c1cc(C)ccc1C. The molecule has 0 amide bonds. The summed E-state index contributed by atoms with van der Waals surface area (Å²) in [5.41, 5.74) is 1.63. The predicted molar refractivity (Wildman–Crippen MR) is 75.6 cm³/mol.